The molecule has 2 atom stereocenters. The maximum absolute atomic E-state index is 14.0. The van der Waals surface area contributed by atoms with Crippen LogP contribution in [0.3, 0.4) is 0 Å². The number of halogens is 3. The number of nitrogens with zero attached hydrogens (tertiary/aromatic N) is 5. The first-order valence-electron chi connectivity index (χ1n) is 11.7. The molecule has 0 saturated carbocycles. The van der Waals surface area contributed by atoms with E-state index in [0.29, 0.717) is 12.3 Å². The number of nitrogens with one attached hydrogen (secondary N) is 1. The molecule has 1 saturated heterocycles. The normalized spacial score (nSPS) is 16.6. The molecule has 0 bridgehead atoms. The number of alkyl halides is 3. The Bertz CT molecular complexity index is 1560. The van der Waals surface area contributed by atoms with Crippen LogP contribution in [-0.2, 0) is 18.0 Å². The number of morpholine rings is 1. The van der Waals surface area contributed by atoms with Crippen molar-refractivity contribution in [1.29, 1.82) is 5.26 Å². The zero-order valence-electron chi connectivity index (χ0n) is 21.2. The van der Waals surface area contributed by atoms with Gasteiger partial charge in [-0.2, -0.15) is 18.4 Å². The number of aryl methyl sites for hydroxylation is 1. The van der Waals surface area contributed by atoms with Crippen molar-refractivity contribution in [2.45, 2.75) is 39.1 Å². The van der Waals surface area contributed by atoms with E-state index in [-0.39, 0.29) is 57.8 Å². The van der Waals surface area contributed by atoms with Crippen molar-refractivity contribution in [2.75, 3.05) is 18.4 Å². The lowest BCUT2D eigenvalue weighted by Crippen LogP contribution is -2.43. The summed E-state index contributed by atoms with van der Waals surface area (Å²) < 4.78 is 48.6. The largest absolute Gasteiger partial charge is 0.492 e. The van der Waals surface area contributed by atoms with Gasteiger partial charge in [0, 0.05) is 18.2 Å². The molecule has 3 heterocycles. The second kappa shape index (κ2) is 9.81. The maximum Gasteiger partial charge on any atom is 0.433 e. The number of ether oxygens (including phenoxy) is 1. The minimum atomic E-state index is -4.82. The highest BCUT2D eigenvalue weighted by Crippen LogP contribution is 2.36. The molecular weight excluding hydrogens is 501 g/mol. The van der Waals surface area contributed by atoms with Crippen LogP contribution in [0.15, 0.2) is 41.4 Å². The molecule has 3 aromatic rings. The lowest BCUT2D eigenvalue weighted by molar-refractivity contribution is -0.141. The number of hydrogen-bond donors (Lipinski definition) is 1. The SMILES string of the molecule is C=C1CN(C(=O)c2ccc(N[C@@H](C)c3cc4c(=O)n(C)c(C)nc4nc3C(F)(F)F)c(C#N)c2)C[C@@H](C)O1. The van der Waals surface area contributed by atoms with Crippen molar-refractivity contribution in [2.24, 2.45) is 7.05 Å². The summed E-state index contributed by atoms with van der Waals surface area (Å²) in [6.07, 6.45) is -5.05. The van der Waals surface area contributed by atoms with Crippen LogP contribution in [0.5, 0.6) is 0 Å². The molecule has 0 aliphatic carbocycles. The Labute approximate surface area is 216 Å². The molecule has 1 aliphatic heterocycles. The van der Waals surface area contributed by atoms with Gasteiger partial charge in [-0.15, -0.1) is 0 Å². The fourth-order valence-corrected chi connectivity index (χ4v) is 4.37. The number of hydrogen-bond acceptors (Lipinski definition) is 7. The van der Waals surface area contributed by atoms with Gasteiger partial charge < -0.3 is 15.0 Å². The third kappa shape index (κ3) is 5.04. The monoisotopic (exact) mass is 526 g/mol. The molecule has 1 aliphatic rings. The van der Waals surface area contributed by atoms with E-state index in [2.05, 4.69) is 21.9 Å². The number of carbonyl (C=O) groups excluding carboxylic acids is 1. The predicted molar refractivity (Wildman–Crippen MR) is 133 cm³/mol. The third-order valence-corrected chi connectivity index (χ3v) is 6.31. The van der Waals surface area contributed by atoms with Crippen LogP contribution in [0.2, 0.25) is 0 Å². The summed E-state index contributed by atoms with van der Waals surface area (Å²) in [5.74, 6) is 0.356. The third-order valence-electron chi connectivity index (χ3n) is 6.31. The first-order chi connectivity index (χ1) is 17.8. The Morgan fingerprint density at radius 2 is 2.03 bits per heavy atom. The van der Waals surface area contributed by atoms with E-state index < -0.39 is 23.5 Å². The molecule has 12 heteroatoms. The van der Waals surface area contributed by atoms with Crippen LogP contribution < -0.4 is 10.9 Å². The van der Waals surface area contributed by atoms with Crippen LogP contribution in [0.1, 0.15) is 52.9 Å². The van der Waals surface area contributed by atoms with Crippen molar-refractivity contribution in [3.05, 3.63) is 75.2 Å². The maximum atomic E-state index is 14.0. The summed E-state index contributed by atoms with van der Waals surface area (Å²) in [6, 6.07) is 6.45. The molecule has 0 radical (unpaired) electrons. The van der Waals surface area contributed by atoms with E-state index in [1.54, 1.807) is 4.90 Å². The van der Waals surface area contributed by atoms with Crippen molar-refractivity contribution >= 4 is 22.6 Å². The van der Waals surface area contributed by atoms with Gasteiger partial charge >= 0.3 is 6.18 Å². The van der Waals surface area contributed by atoms with E-state index in [4.69, 9.17) is 4.74 Å². The second-order valence-corrected chi connectivity index (χ2v) is 9.21. The van der Waals surface area contributed by atoms with Gasteiger partial charge in [-0.25, -0.2) is 9.97 Å². The lowest BCUT2D eigenvalue weighted by Gasteiger charge is -2.33. The average molecular weight is 527 g/mol. The topological polar surface area (TPSA) is 113 Å². The summed E-state index contributed by atoms with van der Waals surface area (Å²) >= 11 is 0. The van der Waals surface area contributed by atoms with Gasteiger partial charge in [-0.3, -0.25) is 14.2 Å². The molecular formula is C26H25F3N6O3. The Morgan fingerprint density at radius 3 is 2.66 bits per heavy atom. The van der Waals surface area contributed by atoms with Crippen LogP contribution >= 0.6 is 0 Å². The molecule has 1 amide bonds. The Hall–Kier alpha value is -4.40. The highest BCUT2D eigenvalue weighted by molar-refractivity contribution is 5.95. The number of rotatable bonds is 4. The molecule has 0 spiro atoms. The van der Waals surface area contributed by atoms with E-state index >= 15 is 0 Å². The predicted octanol–water partition coefficient (Wildman–Crippen LogP) is 4.08. The van der Waals surface area contributed by atoms with Crippen LogP contribution in [-0.4, -0.2) is 44.5 Å². The van der Waals surface area contributed by atoms with Gasteiger partial charge in [-0.05, 0) is 45.0 Å². The minimum Gasteiger partial charge on any atom is -0.492 e. The zero-order valence-corrected chi connectivity index (χ0v) is 21.2. The van der Waals surface area contributed by atoms with Crippen LogP contribution in [0.25, 0.3) is 11.0 Å². The number of anilines is 1. The summed E-state index contributed by atoms with van der Waals surface area (Å²) in [4.78, 5) is 35.0. The van der Waals surface area contributed by atoms with Crippen molar-refractivity contribution in [3.63, 3.8) is 0 Å². The fourth-order valence-electron chi connectivity index (χ4n) is 4.37. The molecule has 1 aromatic carbocycles. The number of pyridine rings is 1. The highest BCUT2D eigenvalue weighted by Gasteiger charge is 2.38. The van der Waals surface area contributed by atoms with E-state index in [0.717, 1.165) is 6.07 Å². The molecule has 9 nitrogen and oxygen atoms in total. The van der Waals surface area contributed by atoms with Gasteiger partial charge in [0.1, 0.15) is 23.8 Å². The Balaban J connectivity index is 1.70. The Morgan fingerprint density at radius 1 is 1.32 bits per heavy atom. The van der Waals surface area contributed by atoms with Gasteiger partial charge in [0.2, 0.25) is 0 Å². The number of carbonyl (C=O) groups is 1. The van der Waals surface area contributed by atoms with E-state index in [1.807, 2.05) is 13.0 Å². The minimum absolute atomic E-state index is 0.0578. The molecule has 38 heavy (non-hydrogen) atoms. The number of amides is 1. The highest BCUT2D eigenvalue weighted by atomic mass is 19.4. The van der Waals surface area contributed by atoms with Gasteiger partial charge in [-0.1, -0.05) is 6.58 Å². The second-order valence-electron chi connectivity index (χ2n) is 9.21. The van der Waals surface area contributed by atoms with Gasteiger partial charge in [0.15, 0.2) is 11.3 Å². The first-order valence-corrected chi connectivity index (χ1v) is 11.7. The summed E-state index contributed by atoms with van der Waals surface area (Å²) in [6.45, 7) is 9.10. The van der Waals surface area contributed by atoms with Crippen LogP contribution in [0, 0.1) is 18.3 Å². The quantitative estimate of drug-likeness (QED) is 0.545. The standard InChI is InChI=1S/C26H25F3N6O3/c1-13-11-35(12-14(2)38-13)24(36)17-6-7-21(18(8-17)10-30)31-15(3)19-9-20-23(33-22(19)26(27,28)29)32-16(4)34(5)25(20)37/h6-9,14-15,31H,1,11-12H2,2-5H3/t14-,15+/m1/s1. The molecule has 1 N–H and O–H groups in total. The average Bonchev–Trinajstić information content (AvgIpc) is 2.85. The van der Waals surface area contributed by atoms with E-state index in [1.165, 1.54) is 43.7 Å². The number of aromatic nitrogens is 3. The van der Waals surface area contributed by atoms with Crippen LogP contribution in [0.4, 0.5) is 18.9 Å². The summed E-state index contributed by atoms with van der Waals surface area (Å²) in [5.41, 5.74) is -1.75. The zero-order chi connectivity index (χ0) is 27.9. The molecule has 2 aromatic heterocycles. The lowest BCUT2D eigenvalue weighted by atomic mass is 10.0. The fraction of sp³-hybridized carbons (Fsp3) is 0.346. The summed E-state index contributed by atoms with van der Waals surface area (Å²) in [5, 5.41) is 12.6. The summed E-state index contributed by atoms with van der Waals surface area (Å²) in [7, 11) is 1.47. The first kappa shape index (κ1) is 26.7. The van der Waals surface area contributed by atoms with Crippen molar-refractivity contribution < 1.29 is 22.7 Å². The van der Waals surface area contributed by atoms with Crippen molar-refractivity contribution in [3.8, 4) is 6.07 Å². The van der Waals surface area contributed by atoms with Gasteiger partial charge in [0.25, 0.3) is 11.5 Å². The molecule has 4 rings (SSSR count). The Kier molecular flexibility index (Phi) is 6.88. The molecule has 1 fully saturated rings. The van der Waals surface area contributed by atoms with E-state index in [9.17, 15) is 28.0 Å². The number of benzene rings is 1. The van der Waals surface area contributed by atoms with Crippen molar-refractivity contribution in [1.82, 2.24) is 19.4 Å². The number of fused-ring (bicyclic) bond motifs is 1. The number of nitriles is 1. The molecule has 198 valence electrons. The van der Waals surface area contributed by atoms with Gasteiger partial charge in [0.05, 0.1) is 35.8 Å². The molecule has 0 unspecified atom stereocenters. The smallest absolute Gasteiger partial charge is 0.433 e.